The van der Waals surface area contributed by atoms with Gasteiger partial charge in [-0.05, 0) is 12.8 Å². The van der Waals surface area contributed by atoms with Crippen LogP contribution in [0, 0.1) is 0 Å². The first-order valence-electron chi connectivity index (χ1n) is 5.51. The van der Waals surface area contributed by atoms with E-state index in [2.05, 4.69) is 10.0 Å². The van der Waals surface area contributed by atoms with Crippen LogP contribution >= 0.6 is 0 Å². The lowest BCUT2D eigenvalue weighted by molar-refractivity contribution is -0.129. The maximum Gasteiger partial charge on any atom is 0.243 e. The zero-order chi connectivity index (χ0) is 14.0. The van der Waals surface area contributed by atoms with Crippen LogP contribution in [-0.2, 0) is 20.9 Å². The number of carbonyl (C=O) groups excluding carboxylic acids is 2. The van der Waals surface area contributed by atoms with E-state index in [0.717, 1.165) is 0 Å². The zero-order valence-corrected chi connectivity index (χ0v) is 10.9. The van der Waals surface area contributed by atoms with Gasteiger partial charge in [-0.25, -0.2) is 10.2 Å². The average molecular weight is 280 g/mol. The van der Waals surface area contributed by atoms with Crippen LogP contribution in [0.2, 0.25) is 0 Å². The molecule has 0 spiro atoms. The third-order valence-electron chi connectivity index (χ3n) is 2.32. The van der Waals surface area contributed by atoms with Crippen LogP contribution in [0.4, 0.5) is 0 Å². The van der Waals surface area contributed by atoms with Crippen molar-refractivity contribution in [2.75, 3.05) is 7.05 Å². The van der Waals surface area contributed by atoms with Gasteiger partial charge >= 0.3 is 0 Å². The molecular weight excluding hydrogens is 262 g/mol. The molecule has 0 bridgehead atoms. The van der Waals surface area contributed by atoms with Crippen LogP contribution in [0.3, 0.4) is 0 Å². The maximum absolute atomic E-state index is 11.3. The van der Waals surface area contributed by atoms with Gasteiger partial charge in [0.25, 0.3) is 0 Å². The summed E-state index contributed by atoms with van der Waals surface area (Å²) in [5, 5.41) is 10.6. The van der Waals surface area contributed by atoms with Gasteiger partial charge in [0.2, 0.25) is 11.8 Å². The molecule has 18 heavy (non-hydrogen) atoms. The number of nitrogens with one attached hydrogen (secondary N) is 3. The van der Waals surface area contributed by atoms with E-state index >= 15 is 0 Å². The van der Waals surface area contributed by atoms with Crippen molar-refractivity contribution in [3.8, 4) is 0 Å². The van der Waals surface area contributed by atoms with E-state index in [9.17, 15) is 18.4 Å². The van der Waals surface area contributed by atoms with E-state index in [0.29, 0.717) is 25.7 Å². The number of hydrogen-bond acceptors (Lipinski definition) is 5. The van der Waals surface area contributed by atoms with E-state index < -0.39 is 29.1 Å². The molecule has 0 saturated carbocycles. The summed E-state index contributed by atoms with van der Waals surface area (Å²) in [6, 6.07) is -0.792. The molecule has 106 valence electrons. The number of carbonyl (C=O) groups is 2. The van der Waals surface area contributed by atoms with Gasteiger partial charge in [-0.3, -0.25) is 19.0 Å². The Morgan fingerprint density at radius 2 is 2.00 bits per heavy atom. The highest BCUT2D eigenvalue weighted by Gasteiger charge is 2.16. The minimum absolute atomic E-state index is 0.196. The van der Waals surface area contributed by atoms with E-state index in [1.54, 1.807) is 0 Å². The first kappa shape index (κ1) is 17.0. The lowest BCUT2D eigenvalue weighted by atomic mass is 10.1. The summed E-state index contributed by atoms with van der Waals surface area (Å²) < 4.78 is 23.1. The van der Waals surface area contributed by atoms with Crippen molar-refractivity contribution in [3.05, 3.63) is 0 Å². The standard InChI is InChI=1S/C9H19N3O5S/c1-10-9(14)7(12-18(16)17)5-3-2-4-6-8(13)11-15/h7,12,15H,2-6H2,1H3,(H,10,14)(H,11,13)(H,16,17)/p-1/t7-/m0/s1. The Morgan fingerprint density at radius 3 is 2.50 bits per heavy atom. The summed E-state index contributed by atoms with van der Waals surface area (Å²) in [5.74, 6) is -0.857. The number of hydroxylamine groups is 1. The molecule has 4 N–H and O–H groups in total. The molecule has 0 rings (SSSR count). The highest BCUT2D eigenvalue weighted by Crippen LogP contribution is 2.06. The van der Waals surface area contributed by atoms with Gasteiger partial charge in [0, 0.05) is 24.7 Å². The summed E-state index contributed by atoms with van der Waals surface area (Å²) in [5.41, 5.74) is 1.52. The van der Waals surface area contributed by atoms with Gasteiger partial charge in [0.05, 0.1) is 6.04 Å². The minimum Gasteiger partial charge on any atom is -0.760 e. The van der Waals surface area contributed by atoms with E-state index in [1.807, 2.05) is 0 Å². The van der Waals surface area contributed by atoms with Gasteiger partial charge in [-0.1, -0.05) is 12.8 Å². The quantitative estimate of drug-likeness (QED) is 0.185. The number of likely N-dealkylation sites (N-methyl/N-ethyl adjacent to an activating group) is 1. The minimum atomic E-state index is -2.49. The first-order valence-corrected chi connectivity index (χ1v) is 6.58. The topological polar surface area (TPSA) is 131 Å². The van der Waals surface area contributed by atoms with Crippen molar-refractivity contribution in [1.29, 1.82) is 0 Å². The summed E-state index contributed by atoms with van der Waals surface area (Å²) >= 11 is -2.49. The third kappa shape index (κ3) is 8.12. The number of rotatable bonds is 9. The highest BCUT2D eigenvalue weighted by atomic mass is 32.2. The molecule has 0 aromatic carbocycles. The zero-order valence-electron chi connectivity index (χ0n) is 10.1. The lowest BCUT2D eigenvalue weighted by Gasteiger charge is -2.18. The van der Waals surface area contributed by atoms with Crippen molar-refractivity contribution in [2.45, 2.75) is 38.1 Å². The van der Waals surface area contributed by atoms with Crippen molar-refractivity contribution in [2.24, 2.45) is 0 Å². The van der Waals surface area contributed by atoms with E-state index in [4.69, 9.17) is 5.21 Å². The fraction of sp³-hybridized carbons (Fsp3) is 0.778. The van der Waals surface area contributed by atoms with Gasteiger partial charge in [-0.15, -0.1) is 0 Å². The van der Waals surface area contributed by atoms with Crippen LogP contribution in [0.1, 0.15) is 32.1 Å². The van der Waals surface area contributed by atoms with Crippen LogP contribution in [-0.4, -0.2) is 38.9 Å². The molecule has 2 atom stereocenters. The molecule has 0 fully saturated rings. The van der Waals surface area contributed by atoms with Crippen LogP contribution in [0.15, 0.2) is 0 Å². The molecule has 1 unspecified atom stereocenters. The van der Waals surface area contributed by atoms with Crippen molar-refractivity contribution in [1.82, 2.24) is 15.5 Å². The summed E-state index contributed by atoms with van der Waals surface area (Å²) in [7, 11) is 1.43. The number of unbranched alkanes of at least 4 members (excludes halogenated alkanes) is 2. The van der Waals surface area contributed by atoms with Crippen LogP contribution in [0.25, 0.3) is 0 Å². The molecule has 0 aliphatic heterocycles. The fourth-order valence-electron chi connectivity index (χ4n) is 1.40. The first-order chi connectivity index (χ1) is 8.51. The Balaban J connectivity index is 3.86. The summed E-state index contributed by atoms with van der Waals surface area (Å²) in [6.07, 6.45) is 2.37. The van der Waals surface area contributed by atoms with Gasteiger partial charge in [-0.2, -0.15) is 0 Å². The third-order valence-corrected chi connectivity index (χ3v) is 2.80. The molecule has 0 saturated heterocycles. The molecule has 0 radical (unpaired) electrons. The fourth-order valence-corrected chi connectivity index (χ4v) is 1.86. The summed E-state index contributed by atoms with van der Waals surface area (Å²) in [6.45, 7) is 0. The Bertz CT molecular complexity index is 300. The highest BCUT2D eigenvalue weighted by molar-refractivity contribution is 7.77. The molecule has 0 aliphatic rings. The predicted octanol–water partition coefficient (Wildman–Crippen LogP) is -1.06. The molecule has 9 heteroatoms. The second-order valence-electron chi connectivity index (χ2n) is 3.65. The Kier molecular flexibility index (Phi) is 9.38. The second-order valence-corrected chi connectivity index (χ2v) is 4.36. The van der Waals surface area contributed by atoms with Gasteiger partial charge < -0.3 is 9.87 Å². The van der Waals surface area contributed by atoms with Crippen LogP contribution in [0.5, 0.6) is 0 Å². The molecule has 8 nitrogen and oxygen atoms in total. The SMILES string of the molecule is CNC(=O)[C@H](CCCCCC(=O)NO)NS(=O)[O-]. The normalized spacial score (nSPS) is 13.7. The van der Waals surface area contributed by atoms with Crippen molar-refractivity contribution < 1.29 is 23.6 Å². The molecule has 0 aliphatic carbocycles. The van der Waals surface area contributed by atoms with Gasteiger partial charge in [0.1, 0.15) is 0 Å². The van der Waals surface area contributed by atoms with Crippen molar-refractivity contribution >= 4 is 23.1 Å². The maximum atomic E-state index is 11.3. The molecule has 0 aromatic heterocycles. The monoisotopic (exact) mass is 280 g/mol. The molecule has 0 aromatic rings. The predicted molar refractivity (Wildman–Crippen MR) is 62.9 cm³/mol. The Morgan fingerprint density at radius 1 is 1.33 bits per heavy atom. The molecular formula is C9H18N3O5S-. The summed E-state index contributed by atoms with van der Waals surface area (Å²) in [4.78, 5) is 22.0. The smallest absolute Gasteiger partial charge is 0.243 e. The average Bonchev–Trinajstić information content (AvgIpc) is 2.35. The van der Waals surface area contributed by atoms with Crippen molar-refractivity contribution in [3.63, 3.8) is 0 Å². The van der Waals surface area contributed by atoms with E-state index in [1.165, 1.54) is 12.5 Å². The molecule has 0 heterocycles. The Labute approximate surface area is 108 Å². The second kappa shape index (κ2) is 9.95. The number of amides is 2. The Hall–Kier alpha value is -1.03. The number of hydrogen-bond donors (Lipinski definition) is 4. The molecule has 2 amide bonds. The van der Waals surface area contributed by atoms with E-state index in [-0.39, 0.29) is 6.42 Å². The lowest BCUT2D eigenvalue weighted by Crippen LogP contribution is -2.43. The van der Waals surface area contributed by atoms with Crippen LogP contribution < -0.4 is 15.5 Å². The largest absolute Gasteiger partial charge is 0.760 e. The van der Waals surface area contributed by atoms with Gasteiger partial charge in [0.15, 0.2) is 0 Å².